The van der Waals surface area contributed by atoms with Crippen molar-refractivity contribution in [2.24, 2.45) is 0 Å². The van der Waals surface area contributed by atoms with Crippen LogP contribution in [0.1, 0.15) is 58.0 Å². The van der Waals surface area contributed by atoms with E-state index in [1.165, 1.54) is 23.5 Å². The summed E-state index contributed by atoms with van der Waals surface area (Å²) in [5.74, 6) is 0.501. The van der Waals surface area contributed by atoms with Crippen molar-refractivity contribution in [3.63, 3.8) is 0 Å². The first-order valence-electron chi connectivity index (χ1n) is 13.1. The number of nitrogens with one attached hydrogen (secondary N) is 1. The molecule has 3 aromatic carbocycles. The predicted octanol–water partition coefficient (Wildman–Crippen LogP) is 7.47. The van der Waals surface area contributed by atoms with Crippen molar-refractivity contribution in [2.45, 2.75) is 58.7 Å². The zero-order valence-corrected chi connectivity index (χ0v) is 23.3. The van der Waals surface area contributed by atoms with E-state index >= 15 is 0 Å². The molecule has 4 rings (SSSR count). The minimum absolute atomic E-state index is 0.0368. The number of amides is 1. The smallest absolute Gasteiger partial charge is 0.416 e. The van der Waals surface area contributed by atoms with Crippen LogP contribution in [-0.4, -0.2) is 21.8 Å². The molecule has 0 spiro atoms. The van der Waals surface area contributed by atoms with E-state index in [0.717, 1.165) is 29.4 Å². The lowest BCUT2D eigenvalue weighted by atomic mass is 10.1. The van der Waals surface area contributed by atoms with Crippen LogP contribution in [0.15, 0.2) is 84.2 Å². The number of halogens is 3. The molecule has 0 unspecified atom stereocenters. The molecular formula is C31H32F3N3O2S. The van der Waals surface area contributed by atoms with Gasteiger partial charge < -0.3 is 10.1 Å². The highest BCUT2D eigenvalue weighted by atomic mass is 32.1. The van der Waals surface area contributed by atoms with Crippen molar-refractivity contribution >= 4 is 17.2 Å². The number of carbonyl (C=O) groups is 1. The van der Waals surface area contributed by atoms with Gasteiger partial charge in [-0.15, -0.1) is 11.3 Å². The number of hydrogen-bond donors (Lipinski definition) is 1. The quantitative estimate of drug-likeness (QED) is 0.193. The minimum Gasteiger partial charge on any atom is -0.489 e. The van der Waals surface area contributed by atoms with Gasteiger partial charge in [0.15, 0.2) is 0 Å². The molecule has 0 fully saturated rings. The summed E-state index contributed by atoms with van der Waals surface area (Å²) in [6.45, 7) is 5.51. The maximum atomic E-state index is 13.3. The van der Waals surface area contributed by atoms with E-state index in [0.29, 0.717) is 36.0 Å². The van der Waals surface area contributed by atoms with Gasteiger partial charge in [-0.05, 0) is 48.2 Å². The molecule has 1 N–H and O–H groups in total. The van der Waals surface area contributed by atoms with Crippen molar-refractivity contribution in [2.75, 3.05) is 0 Å². The maximum absolute atomic E-state index is 13.3. The first kappa shape index (κ1) is 29.3. The highest BCUT2D eigenvalue weighted by molar-refractivity contribution is 7.09. The Morgan fingerprint density at radius 3 is 2.35 bits per heavy atom. The number of rotatable bonds is 12. The van der Waals surface area contributed by atoms with E-state index in [2.05, 4.69) is 10.3 Å². The average Bonchev–Trinajstić information content (AvgIpc) is 3.41. The Bertz CT molecular complexity index is 1370. The molecule has 0 aliphatic rings. The molecule has 1 amide bonds. The summed E-state index contributed by atoms with van der Waals surface area (Å²) in [6, 6.07) is 23.0. The van der Waals surface area contributed by atoms with E-state index in [9.17, 15) is 18.0 Å². The SMILES string of the molecule is CC[C@H](C)NC(=O)c1csc(CN(Cc2ccc(OCc3ccccc3)cc2)Cc2cccc(C(F)(F)F)c2)n1. The van der Waals surface area contributed by atoms with Gasteiger partial charge in [0, 0.05) is 24.5 Å². The fraction of sp³-hybridized carbons (Fsp3) is 0.290. The van der Waals surface area contributed by atoms with Gasteiger partial charge in [-0.25, -0.2) is 4.98 Å². The standard InChI is InChI=1S/C31H32F3N3O2S/c1-3-22(2)35-30(38)28-21-40-29(36-28)19-37(18-25-10-7-11-26(16-25)31(32,33)34)17-23-12-14-27(15-13-23)39-20-24-8-5-4-6-9-24/h4-16,21-22H,3,17-20H2,1-2H3,(H,35,38)/t22-/m0/s1. The molecule has 4 aromatic rings. The minimum atomic E-state index is -4.41. The topological polar surface area (TPSA) is 54.5 Å². The van der Waals surface area contributed by atoms with Crippen molar-refractivity contribution < 1.29 is 22.7 Å². The highest BCUT2D eigenvalue weighted by Crippen LogP contribution is 2.30. The fourth-order valence-electron chi connectivity index (χ4n) is 4.04. The third-order valence-electron chi connectivity index (χ3n) is 6.37. The number of alkyl halides is 3. The number of hydrogen-bond acceptors (Lipinski definition) is 5. The van der Waals surface area contributed by atoms with Crippen molar-refractivity contribution in [1.29, 1.82) is 0 Å². The third-order valence-corrected chi connectivity index (χ3v) is 7.21. The van der Waals surface area contributed by atoms with Crippen LogP contribution >= 0.6 is 11.3 Å². The molecule has 5 nitrogen and oxygen atoms in total. The molecule has 1 heterocycles. The number of nitrogens with zero attached hydrogens (tertiary/aromatic N) is 2. The van der Waals surface area contributed by atoms with Gasteiger partial charge in [-0.1, -0.05) is 67.6 Å². The second-order valence-corrected chi connectivity index (χ2v) is 10.6. The summed E-state index contributed by atoms with van der Waals surface area (Å²) in [7, 11) is 0. The Labute approximate surface area is 236 Å². The molecule has 40 heavy (non-hydrogen) atoms. The molecule has 0 aliphatic carbocycles. The number of carbonyl (C=O) groups excluding carboxylic acids is 1. The lowest BCUT2D eigenvalue weighted by Crippen LogP contribution is -2.32. The third kappa shape index (κ3) is 8.66. The van der Waals surface area contributed by atoms with Crippen LogP contribution in [0.25, 0.3) is 0 Å². The second-order valence-electron chi connectivity index (χ2n) is 9.67. The zero-order chi connectivity index (χ0) is 28.5. The van der Waals surface area contributed by atoms with E-state index in [1.807, 2.05) is 73.3 Å². The largest absolute Gasteiger partial charge is 0.489 e. The van der Waals surface area contributed by atoms with E-state index in [4.69, 9.17) is 4.74 Å². The Balaban J connectivity index is 1.48. The van der Waals surface area contributed by atoms with Gasteiger partial charge >= 0.3 is 6.18 Å². The Hall–Kier alpha value is -3.69. The molecule has 1 aromatic heterocycles. The number of thiazole rings is 1. The Morgan fingerprint density at radius 1 is 0.950 bits per heavy atom. The first-order chi connectivity index (χ1) is 19.2. The number of aromatic nitrogens is 1. The Kier molecular flexibility index (Phi) is 9.95. The Morgan fingerprint density at radius 2 is 1.65 bits per heavy atom. The molecule has 0 saturated carbocycles. The predicted molar refractivity (Wildman–Crippen MR) is 151 cm³/mol. The highest BCUT2D eigenvalue weighted by Gasteiger charge is 2.30. The summed E-state index contributed by atoms with van der Waals surface area (Å²) in [5.41, 5.74) is 2.26. The molecular weight excluding hydrogens is 535 g/mol. The molecule has 0 saturated heterocycles. The molecule has 9 heteroatoms. The van der Waals surface area contributed by atoms with E-state index in [1.54, 1.807) is 11.4 Å². The summed E-state index contributed by atoms with van der Waals surface area (Å²) < 4.78 is 45.9. The summed E-state index contributed by atoms with van der Waals surface area (Å²) in [4.78, 5) is 19.0. The van der Waals surface area contributed by atoms with Crippen LogP contribution in [0.3, 0.4) is 0 Å². The summed E-state index contributed by atoms with van der Waals surface area (Å²) >= 11 is 1.36. The van der Waals surface area contributed by atoms with Crippen LogP contribution < -0.4 is 10.1 Å². The van der Waals surface area contributed by atoms with E-state index < -0.39 is 11.7 Å². The average molecular weight is 568 g/mol. The molecule has 1 atom stereocenters. The van der Waals surface area contributed by atoms with Crippen LogP contribution in [0, 0.1) is 0 Å². The molecule has 0 aliphatic heterocycles. The van der Waals surface area contributed by atoms with Gasteiger partial charge in [0.05, 0.1) is 12.1 Å². The zero-order valence-electron chi connectivity index (χ0n) is 22.4. The molecule has 0 bridgehead atoms. The number of ether oxygens (including phenoxy) is 1. The summed E-state index contributed by atoms with van der Waals surface area (Å²) in [6.07, 6.45) is -3.60. The van der Waals surface area contributed by atoms with Gasteiger partial charge in [-0.3, -0.25) is 9.69 Å². The van der Waals surface area contributed by atoms with Crippen molar-refractivity contribution in [1.82, 2.24) is 15.2 Å². The van der Waals surface area contributed by atoms with E-state index in [-0.39, 0.29) is 18.5 Å². The van der Waals surface area contributed by atoms with Crippen molar-refractivity contribution in [3.8, 4) is 5.75 Å². The lowest BCUT2D eigenvalue weighted by Gasteiger charge is -2.22. The van der Waals surface area contributed by atoms with Gasteiger partial charge in [0.2, 0.25) is 0 Å². The number of benzene rings is 3. The maximum Gasteiger partial charge on any atom is 0.416 e. The summed E-state index contributed by atoms with van der Waals surface area (Å²) in [5, 5.41) is 5.34. The van der Waals surface area contributed by atoms with Gasteiger partial charge in [0.25, 0.3) is 5.91 Å². The van der Waals surface area contributed by atoms with Crippen LogP contribution in [0.5, 0.6) is 5.75 Å². The molecule has 210 valence electrons. The van der Waals surface area contributed by atoms with Crippen LogP contribution in [0.4, 0.5) is 13.2 Å². The second kappa shape index (κ2) is 13.6. The van der Waals surface area contributed by atoms with Crippen LogP contribution in [-0.2, 0) is 32.4 Å². The van der Waals surface area contributed by atoms with Crippen LogP contribution in [0.2, 0.25) is 0 Å². The van der Waals surface area contributed by atoms with Crippen molar-refractivity contribution in [3.05, 3.63) is 117 Å². The monoisotopic (exact) mass is 567 g/mol. The van der Waals surface area contributed by atoms with Gasteiger partial charge in [-0.2, -0.15) is 13.2 Å². The first-order valence-corrected chi connectivity index (χ1v) is 14.0. The normalized spacial score (nSPS) is 12.3. The van der Waals surface area contributed by atoms with Gasteiger partial charge in [0.1, 0.15) is 23.1 Å². The lowest BCUT2D eigenvalue weighted by molar-refractivity contribution is -0.137. The molecule has 0 radical (unpaired) electrons. The fourth-order valence-corrected chi connectivity index (χ4v) is 4.86.